The molecule has 0 aliphatic carbocycles. The third-order valence-corrected chi connectivity index (χ3v) is 5.26. The first-order chi connectivity index (χ1) is 12.5. The van der Waals surface area contributed by atoms with Crippen LogP contribution in [0.15, 0.2) is 66.2 Å². The van der Waals surface area contributed by atoms with Gasteiger partial charge in [0.15, 0.2) is 0 Å². The minimum atomic E-state index is -3.78. The van der Waals surface area contributed by atoms with Crippen molar-refractivity contribution in [3.05, 3.63) is 72.6 Å². The highest BCUT2D eigenvalue weighted by Gasteiger charge is 2.18. The van der Waals surface area contributed by atoms with Gasteiger partial charge in [-0.05, 0) is 30.3 Å². The van der Waals surface area contributed by atoms with Gasteiger partial charge in [0.1, 0.15) is 5.75 Å². The molecule has 3 rings (SSSR count). The van der Waals surface area contributed by atoms with Gasteiger partial charge in [-0.2, -0.15) is 0 Å². The molecular formula is C17H16N4O4S. The lowest BCUT2D eigenvalue weighted by molar-refractivity contribution is 0.0950. The molecule has 0 bridgehead atoms. The Hall–Kier alpha value is -3.20. The second-order valence-electron chi connectivity index (χ2n) is 5.29. The Morgan fingerprint density at radius 1 is 1.19 bits per heavy atom. The Balaban J connectivity index is 1.74. The third kappa shape index (κ3) is 3.72. The molecular weight excluding hydrogens is 356 g/mol. The second-order valence-corrected chi connectivity index (χ2v) is 7.13. The Bertz CT molecular complexity index is 999. The monoisotopic (exact) mass is 372 g/mol. The summed E-state index contributed by atoms with van der Waals surface area (Å²) in [6, 6.07) is 7.45. The molecule has 0 fully saturated rings. The molecule has 2 heterocycles. The van der Waals surface area contributed by atoms with E-state index in [4.69, 9.17) is 4.74 Å². The van der Waals surface area contributed by atoms with Crippen LogP contribution in [0.2, 0.25) is 0 Å². The molecule has 0 atom stereocenters. The largest absolute Gasteiger partial charge is 0.497 e. The van der Waals surface area contributed by atoms with Gasteiger partial charge >= 0.3 is 0 Å². The first-order valence-corrected chi connectivity index (χ1v) is 9.05. The van der Waals surface area contributed by atoms with Gasteiger partial charge in [-0.1, -0.05) is 0 Å². The summed E-state index contributed by atoms with van der Waals surface area (Å²) >= 11 is 0. The van der Waals surface area contributed by atoms with E-state index in [0.717, 1.165) is 3.97 Å². The summed E-state index contributed by atoms with van der Waals surface area (Å²) in [6.07, 6.45) is 7.21. The van der Waals surface area contributed by atoms with Crippen LogP contribution >= 0.6 is 0 Å². The fourth-order valence-electron chi connectivity index (χ4n) is 2.22. The molecule has 1 aromatic carbocycles. The molecule has 1 amide bonds. The van der Waals surface area contributed by atoms with Crippen molar-refractivity contribution in [1.29, 1.82) is 0 Å². The SMILES string of the molecule is COc1ccc(S(=O)(=O)n2ccc(C(=O)NCc3cnccn3)c2)cc1. The lowest BCUT2D eigenvalue weighted by atomic mass is 10.3. The number of nitrogens with zero attached hydrogens (tertiary/aromatic N) is 3. The highest BCUT2D eigenvalue weighted by atomic mass is 32.2. The molecule has 0 saturated heterocycles. The maximum absolute atomic E-state index is 12.6. The van der Waals surface area contributed by atoms with E-state index >= 15 is 0 Å². The number of nitrogens with one attached hydrogen (secondary N) is 1. The minimum absolute atomic E-state index is 0.0976. The van der Waals surface area contributed by atoms with Gasteiger partial charge in [-0.25, -0.2) is 12.4 Å². The number of ether oxygens (including phenoxy) is 1. The summed E-state index contributed by atoms with van der Waals surface area (Å²) in [6.45, 7) is 0.198. The van der Waals surface area contributed by atoms with E-state index < -0.39 is 15.9 Å². The highest BCUT2D eigenvalue weighted by Crippen LogP contribution is 2.19. The van der Waals surface area contributed by atoms with Gasteiger partial charge in [0.2, 0.25) is 0 Å². The van der Waals surface area contributed by atoms with Gasteiger partial charge in [0.25, 0.3) is 15.9 Å². The summed E-state index contributed by atoms with van der Waals surface area (Å²) in [7, 11) is -2.28. The Morgan fingerprint density at radius 2 is 1.96 bits per heavy atom. The van der Waals surface area contributed by atoms with E-state index in [1.807, 2.05) is 0 Å². The molecule has 26 heavy (non-hydrogen) atoms. The van der Waals surface area contributed by atoms with Crippen LogP contribution < -0.4 is 10.1 Å². The van der Waals surface area contributed by atoms with E-state index in [0.29, 0.717) is 11.4 Å². The highest BCUT2D eigenvalue weighted by molar-refractivity contribution is 7.90. The van der Waals surface area contributed by atoms with E-state index in [1.165, 1.54) is 50.1 Å². The zero-order valence-corrected chi connectivity index (χ0v) is 14.7. The average molecular weight is 372 g/mol. The van der Waals surface area contributed by atoms with Crippen molar-refractivity contribution < 1.29 is 17.9 Å². The number of benzene rings is 1. The van der Waals surface area contributed by atoms with Crippen LogP contribution in [-0.2, 0) is 16.6 Å². The van der Waals surface area contributed by atoms with Crippen LogP contribution in [0.3, 0.4) is 0 Å². The van der Waals surface area contributed by atoms with Crippen molar-refractivity contribution in [3.63, 3.8) is 0 Å². The smallest absolute Gasteiger partial charge is 0.267 e. The van der Waals surface area contributed by atoms with Crippen LogP contribution in [0.4, 0.5) is 0 Å². The van der Waals surface area contributed by atoms with Crippen molar-refractivity contribution in [3.8, 4) is 5.75 Å². The average Bonchev–Trinajstić information content (AvgIpc) is 3.18. The maximum atomic E-state index is 12.6. The Kier molecular flexibility index (Phi) is 4.99. The minimum Gasteiger partial charge on any atom is -0.497 e. The van der Waals surface area contributed by atoms with Gasteiger partial charge in [-0.3, -0.25) is 14.8 Å². The molecule has 9 heteroatoms. The third-order valence-electron chi connectivity index (χ3n) is 3.61. The lowest BCUT2D eigenvalue weighted by Gasteiger charge is -2.06. The van der Waals surface area contributed by atoms with Gasteiger partial charge in [0.05, 0.1) is 36.0 Å². The molecule has 3 aromatic rings. The number of hydrogen-bond acceptors (Lipinski definition) is 6. The van der Waals surface area contributed by atoms with E-state index in [2.05, 4.69) is 15.3 Å². The topological polar surface area (TPSA) is 103 Å². The van der Waals surface area contributed by atoms with Crippen LogP contribution in [0, 0.1) is 0 Å². The zero-order valence-electron chi connectivity index (χ0n) is 13.9. The normalized spacial score (nSPS) is 11.1. The zero-order chi connectivity index (χ0) is 18.6. The number of methoxy groups -OCH3 is 1. The number of rotatable bonds is 6. The summed E-state index contributed by atoms with van der Waals surface area (Å²) in [5.41, 5.74) is 0.831. The van der Waals surface area contributed by atoms with Crippen molar-refractivity contribution in [2.45, 2.75) is 11.4 Å². The number of amides is 1. The van der Waals surface area contributed by atoms with Crippen LogP contribution in [0.25, 0.3) is 0 Å². The predicted molar refractivity (Wildman–Crippen MR) is 93.2 cm³/mol. The summed E-state index contributed by atoms with van der Waals surface area (Å²) in [5.74, 6) is 0.153. The van der Waals surface area contributed by atoms with Gasteiger partial charge < -0.3 is 10.1 Å². The molecule has 0 saturated carbocycles. The Labute approximate surface area is 150 Å². The summed E-state index contributed by atoms with van der Waals surface area (Å²) in [4.78, 5) is 20.3. The summed E-state index contributed by atoms with van der Waals surface area (Å²) < 4.78 is 31.3. The fourth-order valence-corrected chi connectivity index (χ4v) is 3.42. The van der Waals surface area contributed by atoms with E-state index in [1.54, 1.807) is 18.3 Å². The molecule has 1 N–H and O–H groups in total. The van der Waals surface area contributed by atoms with Crippen LogP contribution in [-0.4, -0.2) is 35.4 Å². The first-order valence-electron chi connectivity index (χ1n) is 7.61. The van der Waals surface area contributed by atoms with Crippen molar-refractivity contribution in [1.82, 2.24) is 19.3 Å². The van der Waals surface area contributed by atoms with Crippen molar-refractivity contribution in [2.75, 3.05) is 7.11 Å². The number of carbonyl (C=O) groups is 1. The summed E-state index contributed by atoms with van der Waals surface area (Å²) in [5, 5.41) is 2.67. The molecule has 0 radical (unpaired) electrons. The van der Waals surface area contributed by atoms with Crippen LogP contribution in [0.5, 0.6) is 5.75 Å². The molecule has 0 spiro atoms. The number of carbonyl (C=O) groups excluding carboxylic acids is 1. The first kappa shape index (κ1) is 17.6. The molecule has 134 valence electrons. The van der Waals surface area contributed by atoms with Crippen LogP contribution in [0.1, 0.15) is 16.1 Å². The molecule has 2 aromatic heterocycles. The predicted octanol–water partition coefficient (Wildman–Crippen LogP) is 1.45. The van der Waals surface area contributed by atoms with E-state index in [-0.39, 0.29) is 17.0 Å². The molecule has 8 nitrogen and oxygen atoms in total. The lowest BCUT2D eigenvalue weighted by Crippen LogP contribution is -2.23. The van der Waals surface area contributed by atoms with Gasteiger partial charge in [-0.15, -0.1) is 0 Å². The standard InChI is InChI=1S/C17H16N4O4S/c1-25-15-2-4-16(5-3-15)26(23,24)21-9-6-13(12-21)17(22)20-11-14-10-18-7-8-19-14/h2-10,12H,11H2,1H3,(H,20,22). The molecule has 0 unspecified atom stereocenters. The van der Waals surface area contributed by atoms with Crippen molar-refractivity contribution in [2.24, 2.45) is 0 Å². The molecule has 0 aliphatic heterocycles. The van der Waals surface area contributed by atoms with E-state index in [9.17, 15) is 13.2 Å². The Morgan fingerprint density at radius 3 is 2.62 bits per heavy atom. The molecule has 0 aliphatic rings. The quantitative estimate of drug-likeness (QED) is 0.702. The van der Waals surface area contributed by atoms with Gasteiger partial charge in [0, 0.05) is 24.8 Å². The maximum Gasteiger partial charge on any atom is 0.267 e. The number of aromatic nitrogens is 3. The van der Waals surface area contributed by atoms with Crippen molar-refractivity contribution >= 4 is 15.9 Å². The fraction of sp³-hybridized carbons (Fsp3) is 0.118. The second kappa shape index (κ2) is 7.36. The number of hydrogen-bond donors (Lipinski definition) is 1.